The van der Waals surface area contributed by atoms with Gasteiger partial charge in [0, 0.05) is 69.8 Å². The smallest absolute Gasteiger partial charge is 0.317 e. The molecule has 1 aliphatic rings. The lowest BCUT2D eigenvalue weighted by Gasteiger charge is -2.36. The topological polar surface area (TPSA) is 89.8 Å². The van der Waals surface area contributed by atoms with E-state index < -0.39 is 0 Å². The van der Waals surface area contributed by atoms with Gasteiger partial charge in [-0.1, -0.05) is 13.8 Å². The maximum atomic E-state index is 12.1. The molecule has 3 N–H and O–H groups in total. The van der Waals surface area contributed by atoms with E-state index in [9.17, 15) is 4.79 Å². The number of rotatable bonds is 8. The van der Waals surface area contributed by atoms with Gasteiger partial charge in [-0.25, -0.2) is 9.31 Å². The first-order valence-electron chi connectivity index (χ1n) is 11.7. The van der Waals surface area contributed by atoms with E-state index in [2.05, 4.69) is 56.9 Å². The predicted molar refractivity (Wildman–Crippen MR) is 133 cm³/mol. The molecule has 0 bridgehead atoms. The third-order valence-corrected chi connectivity index (χ3v) is 5.79. The Labute approximate surface area is 195 Å². The Kier molecular flexibility index (Phi) is 7.29. The average molecular weight is 451 g/mol. The van der Waals surface area contributed by atoms with Gasteiger partial charge in [-0.15, -0.1) is 0 Å². The molecule has 1 fully saturated rings. The molecule has 0 atom stereocenters. The number of piperazine rings is 1. The van der Waals surface area contributed by atoms with E-state index in [1.54, 1.807) is 0 Å². The zero-order valence-electron chi connectivity index (χ0n) is 19.7. The van der Waals surface area contributed by atoms with Crippen molar-refractivity contribution in [3.63, 3.8) is 0 Å². The van der Waals surface area contributed by atoms with Crippen LogP contribution in [0.1, 0.15) is 20.8 Å². The maximum Gasteiger partial charge on any atom is 0.317 e. The predicted octanol–water partition coefficient (Wildman–Crippen LogP) is 2.66. The number of amides is 2. The van der Waals surface area contributed by atoms with Crippen molar-refractivity contribution in [2.75, 3.05) is 56.0 Å². The van der Waals surface area contributed by atoms with Gasteiger partial charge in [-0.3, -0.25) is 4.98 Å². The summed E-state index contributed by atoms with van der Waals surface area (Å²) < 4.78 is 1.91. The molecule has 0 saturated carbocycles. The van der Waals surface area contributed by atoms with Crippen LogP contribution in [0.4, 0.5) is 16.2 Å². The van der Waals surface area contributed by atoms with Crippen LogP contribution in [0.5, 0.6) is 0 Å². The summed E-state index contributed by atoms with van der Waals surface area (Å²) in [4.78, 5) is 21.0. The Morgan fingerprint density at radius 1 is 1.12 bits per heavy atom. The second kappa shape index (κ2) is 10.5. The van der Waals surface area contributed by atoms with E-state index in [-0.39, 0.29) is 6.03 Å². The van der Waals surface area contributed by atoms with Gasteiger partial charge in [0.05, 0.1) is 28.8 Å². The monoisotopic (exact) mass is 450 g/mol. The Morgan fingerprint density at radius 2 is 1.94 bits per heavy atom. The van der Waals surface area contributed by atoms with E-state index in [0.717, 1.165) is 54.3 Å². The van der Waals surface area contributed by atoms with Crippen molar-refractivity contribution in [3.8, 4) is 11.3 Å². The first-order chi connectivity index (χ1) is 16.0. The van der Waals surface area contributed by atoms with Crippen LogP contribution in [0.15, 0.2) is 42.9 Å². The number of pyridine rings is 1. The Bertz CT molecular complexity index is 1050. The number of fused-ring (bicyclic) bond motifs is 1. The third kappa shape index (κ3) is 5.54. The van der Waals surface area contributed by atoms with Crippen molar-refractivity contribution in [2.24, 2.45) is 0 Å². The number of hydrogen-bond acceptors (Lipinski definition) is 6. The van der Waals surface area contributed by atoms with Gasteiger partial charge >= 0.3 is 6.03 Å². The lowest BCUT2D eigenvalue weighted by molar-refractivity contribution is 0.195. The molecule has 9 heteroatoms. The van der Waals surface area contributed by atoms with Gasteiger partial charge in [-0.05, 0) is 31.2 Å². The number of nitrogens with one attached hydrogen (secondary N) is 3. The number of anilines is 2. The fourth-order valence-electron chi connectivity index (χ4n) is 4.06. The van der Waals surface area contributed by atoms with Crippen molar-refractivity contribution in [3.05, 3.63) is 42.9 Å². The molecule has 1 saturated heterocycles. The minimum atomic E-state index is 0.0159. The lowest BCUT2D eigenvalue weighted by atomic mass is 10.2. The lowest BCUT2D eigenvalue weighted by Crippen LogP contribution is -2.51. The molecule has 2 amide bonds. The van der Waals surface area contributed by atoms with Crippen LogP contribution in [0.3, 0.4) is 0 Å². The Balaban J connectivity index is 1.44. The first kappa shape index (κ1) is 22.8. The minimum absolute atomic E-state index is 0.0159. The van der Waals surface area contributed by atoms with Crippen molar-refractivity contribution in [1.29, 1.82) is 0 Å². The summed E-state index contributed by atoms with van der Waals surface area (Å²) in [5, 5.41) is 14.2. The summed E-state index contributed by atoms with van der Waals surface area (Å²) in [6, 6.07) is 8.79. The molecule has 176 valence electrons. The standard InChI is InChI=1S/C24H34N8O/c1-4-25-24(33)31-13-11-30(12-14-31)22-7-8-29-32-17-19(15-23(22)32)21-6-5-20(16-28-21)27-10-9-26-18(2)3/h5-8,15-18,26-27H,4,9-14H2,1-3H3,(H,25,33). The summed E-state index contributed by atoms with van der Waals surface area (Å²) in [6.45, 7) is 11.6. The Morgan fingerprint density at radius 3 is 2.64 bits per heavy atom. The van der Waals surface area contributed by atoms with Gasteiger partial charge in [0.2, 0.25) is 0 Å². The van der Waals surface area contributed by atoms with Gasteiger partial charge < -0.3 is 25.8 Å². The molecule has 0 spiro atoms. The van der Waals surface area contributed by atoms with Crippen molar-refractivity contribution in [2.45, 2.75) is 26.8 Å². The van der Waals surface area contributed by atoms with Gasteiger partial charge in [0.15, 0.2) is 0 Å². The number of urea groups is 1. The van der Waals surface area contributed by atoms with E-state index >= 15 is 0 Å². The largest absolute Gasteiger partial charge is 0.383 e. The van der Waals surface area contributed by atoms with Crippen LogP contribution < -0.4 is 20.9 Å². The fraction of sp³-hybridized carbons (Fsp3) is 0.458. The molecule has 0 aromatic carbocycles. The Hall–Kier alpha value is -3.33. The highest BCUT2D eigenvalue weighted by Gasteiger charge is 2.22. The minimum Gasteiger partial charge on any atom is -0.383 e. The molecule has 1 aliphatic heterocycles. The summed E-state index contributed by atoms with van der Waals surface area (Å²) in [5.41, 5.74) is 5.13. The molecule has 0 unspecified atom stereocenters. The van der Waals surface area contributed by atoms with Crippen molar-refractivity contribution >= 4 is 22.9 Å². The zero-order chi connectivity index (χ0) is 23.2. The van der Waals surface area contributed by atoms with E-state index in [1.807, 2.05) is 47.1 Å². The number of carbonyl (C=O) groups is 1. The van der Waals surface area contributed by atoms with Crippen molar-refractivity contribution in [1.82, 2.24) is 30.1 Å². The molecule has 33 heavy (non-hydrogen) atoms. The molecule has 9 nitrogen and oxygen atoms in total. The van der Waals surface area contributed by atoms with Crippen LogP contribution in [0, 0.1) is 0 Å². The highest BCUT2D eigenvalue weighted by molar-refractivity contribution is 5.80. The van der Waals surface area contributed by atoms with E-state index in [4.69, 9.17) is 0 Å². The van der Waals surface area contributed by atoms with Crippen molar-refractivity contribution < 1.29 is 4.79 Å². The number of hydrogen-bond donors (Lipinski definition) is 3. The molecule has 3 aromatic heterocycles. The van der Waals surface area contributed by atoms with Crippen LogP contribution >= 0.6 is 0 Å². The SMILES string of the molecule is CCNC(=O)N1CCN(c2ccnn3cc(-c4ccc(NCCNC(C)C)cn4)cc23)CC1. The quantitative estimate of drug-likeness (QED) is 0.457. The fourth-order valence-corrected chi connectivity index (χ4v) is 4.06. The van der Waals surface area contributed by atoms with Crippen LogP contribution in [-0.4, -0.2) is 77.4 Å². The summed E-state index contributed by atoms with van der Waals surface area (Å²) in [5.74, 6) is 0. The average Bonchev–Trinajstić information content (AvgIpc) is 3.27. The van der Waals surface area contributed by atoms with Gasteiger partial charge in [-0.2, -0.15) is 5.10 Å². The van der Waals surface area contributed by atoms with Crippen LogP contribution in [0.25, 0.3) is 16.8 Å². The van der Waals surface area contributed by atoms with Gasteiger partial charge in [0.1, 0.15) is 0 Å². The molecule has 0 radical (unpaired) electrons. The summed E-state index contributed by atoms with van der Waals surface area (Å²) >= 11 is 0. The van der Waals surface area contributed by atoms with Crippen LogP contribution in [0.2, 0.25) is 0 Å². The third-order valence-electron chi connectivity index (χ3n) is 5.79. The molecule has 3 aromatic rings. The van der Waals surface area contributed by atoms with E-state index in [1.165, 1.54) is 0 Å². The molecule has 4 rings (SSSR count). The highest BCUT2D eigenvalue weighted by Crippen LogP contribution is 2.28. The highest BCUT2D eigenvalue weighted by atomic mass is 16.2. The number of carbonyl (C=O) groups excluding carboxylic acids is 1. The second-order valence-electron chi connectivity index (χ2n) is 8.55. The molecular formula is C24H34N8O. The number of nitrogens with zero attached hydrogens (tertiary/aromatic N) is 5. The molecule has 4 heterocycles. The van der Waals surface area contributed by atoms with Crippen LogP contribution in [-0.2, 0) is 0 Å². The number of aromatic nitrogens is 3. The van der Waals surface area contributed by atoms with Gasteiger partial charge in [0.25, 0.3) is 0 Å². The summed E-state index contributed by atoms with van der Waals surface area (Å²) in [7, 11) is 0. The molecular weight excluding hydrogens is 416 g/mol. The zero-order valence-corrected chi connectivity index (χ0v) is 19.7. The second-order valence-corrected chi connectivity index (χ2v) is 8.55. The normalized spacial score (nSPS) is 14.2. The molecule has 0 aliphatic carbocycles. The maximum absolute atomic E-state index is 12.1. The first-order valence-corrected chi connectivity index (χ1v) is 11.7. The summed E-state index contributed by atoms with van der Waals surface area (Å²) in [6.07, 6.45) is 5.72. The van der Waals surface area contributed by atoms with E-state index in [0.29, 0.717) is 25.7 Å².